The number of carbonyl (C=O) groups excluding carboxylic acids is 1. The average Bonchev–Trinajstić information content (AvgIpc) is 2.99. The maximum Gasteiger partial charge on any atom is 0.164 e. The molecule has 0 N–H and O–H groups in total. The second-order valence-electron chi connectivity index (χ2n) is 6.02. The monoisotopic (exact) mass is 293 g/mol. The van der Waals surface area contributed by atoms with E-state index in [1.54, 1.807) is 0 Å². The highest BCUT2D eigenvalue weighted by Gasteiger charge is 2.39. The molecular formula is C19H19NO2. The van der Waals surface area contributed by atoms with Crippen molar-refractivity contribution in [3.63, 3.8) is 0 Å². The van der Waals surface area contributed by atoms with E-state index in [2.05, 4.69) is 29.2 Å². The Bertz CT molecular complexity index is 683. The summed E-state index contributed by atoms with van der Waals surface area (Å²) in [7, 11) is 0. The van der Waals surface area contributed by atoms with E-state index >= 15 is 0 Å². The molecule has 2 aromatic carbocycles. The number of Topliss-reactive ketones (excluding diaryl/α,β-unsaturated/α-hetero) is 1. The van der Waals surface area contributed by atoms with Gasteiger partial charge in [-0.05, 0) is 17.5 Å². The molecule has 2 aromatic rings. The summed E-state index contributed by atoms with van der Waals surface area (Å²) in [5.74, 6) is 0.203. The molecule has 2 aliphatic heterocycles. The first-order valence-electron chi connectivity index (χ1n) is 7.86. The third-order valence-electron chi connectivity index (χ3n) is 4.69. The van der Waals surface area contributed by atoms with E-state index in [1.807, 2.05) is 30.3 Å². The number of nitrogens with zero attached hydrogens (tertiary/aromatic N) is 1. The Hall–Kier alpha value is -1.97. The number of carbonyl (C=O) groups is 1. The van der Waals surface area contributed by atoms with Gasteiger partial charge in [0.1, 0.15) is 6.23 Å². The molecule has 1 saturated heterocycles. The Labute approximate surface area is 130 Å². The van der Waals surface area contributed by atoms with Crippen LogP contribution in [0.25, 0.3) is 0 Å². The minimum atomic E-state index is 0.0264. The molecule has 2 unspecified atom stereocenters. The Morgan fingerprint density at radius 3 is 2.73 bits per heavy atom. The fourth-order valence-corrected chi connectivity index (χ4v) is 3.54. The van der Waals surface area contributed by atoms with Crippen molar-refractivity contribution < 1.29 is 9.53 Å². The van der Waals surface area contributed by atoms with E-state index in [0.717, 1.165) is 18.5 Å². The number of hydrogen-bond acceptors (Lipinski definition) is 3. The van der Waals surface area contributed by atoms with Crippen LogP contribution in [0.15, 0.2) is 54.6 Å². The molecule has 0 saturated carbocycles. The summed E-state index contributed by atoms with van der Waals surface area (Å²) in [4.78, 5) is 14.8. The summed E-state index contributed by atoms with van der Waals surface area (Å²) in [6.45, 7) is 1.60. The normalized spacial score (nSPS) is 23.8. The highest BCUT2D eigenvalue weighted by atomic mass is 16.5. The minimum absolute atomic E-state index is 0.0264. The molecule has 4 rings (SSSR count). The lowest BCUT2D eigenvalue weighted by molar-refractivity contribution is 0.0215. The van der Waals surface area contributed by atoms with Crippen LogP contribution >= 0.6 is 0 Å². The summed E-state index contributed by atoms with van der Waals surface area (Å²) in [5.41, 5.74) is 3.44. The summed E-state index contributed by atoms with van der Waals surface area (Å²) in [6, 6.07) is 18.2. The van der Waals surface area contributed by atoms with Crippen molar-refractivity contribution in [1.82, 2.24) is 4.90 Å². The second kappa shape index (κ2) is 5.67. The van der Waals surface area contributed by atoms with E-state index in [9.17, 15) is 4.79 Å². The van der Waals surface area contributed by atoms with Crippen LogP contribution in [0.5, 0.6) is 0 Å². The van der Waals surface area contributed by atoms with Gasteiger partial charge in [0.05, 0.1) is 6.61 Å². The Balaban J connectivity index is 1.51. The van der Waals surface area contributed by atoms with Gasteiger partial charge in [0.15, 0.2) is 5.78 Å². The molecule has 112 valence electrons. The second-order valence-corrected chi connectivity index (χ2v) is 6.02. The number of fused-ring (bicyclic) bond motifs is 3. The SMILES string of the molecule is O=C(CC1COC2c3ccccc3CCN12)c1ccccc1. The minimum Gasteiger partial charge on any atom is -0.357 e. The molecule has 2 aliphatic rings. The van der Waals surface area contributed by atoms with Crippen molar-refractivity contribution in [3.8, 4) is 0 Å². The van der Waals surface area contributed by atoms with Crippen molar-refractivity contribution in [1.29, 1.82) is 0 Å². The predicted octanol–water partition coefficient (Wildman–Crippen LogP) is 3.22. The zero-order valence-electron chi connectivity index (χ0n) is 12.4. The number of benzene rings is 2. The van der Waals surface area contributed by atoms with Gasteiger partial charge in [-0.15, -0.1) is 0 Å². The quantitative estimate of drug-likeness (QED) is 0.814. The maximum absolute atomic E-state index is 12.4. The van der Waals surface area contributed by atoms with E-state index in [1.165, 1.54) is 11.1 Å². The number of rotatable bonds is 3. The van der Waals surface area contributed by atoms with Crippen molar-refractivity contribution in [2.75, 3.05) is 13.2 Å². The van der Waals surface area contributed by atoms with Gasteiger partial charge < -0.3 is 4.74 Å². The molecular weight excluding hydrogens is 274 g/mol. The lowest BCUT2D eigenvalue weighted by Crippen LogP contribution is -2.39. The van der Waals surface area contributed by atoms with Gasteiger partial charge in [0.25, 0.3) is 0 Å². The van der Waals surface area contributed by atoms with Gasteiger partial charge in [-0.1, -0.05) is 54.6 Å². The van der Waals surface area contributed by atoms with Gasteiger partial charge >= 0.3 is 0 Å². The molecule has 0 aromatic heterocycles. The summed E-state index contributed by atoms with van der Waals surface area (Å²) in [6.07, 6.45) is 1.59. The molecule has 1 fully saturated rings. The Morgan fingerprint density at radius 2 is 1.86 bits per heavy atom. The third-order valence-corrected chi connectivity index (χ3v) is 4.69. The zero-order valence-corrected chi connectivity index (χ0v) is 12.4. The first kappa shape index (κ1) is 13.7. The lowest BCUT2D eigenvalue weighted by atomic mass is 9.96. The Kier molecular flexibility index (Phi) is 3.53. The maximum atomic E-state index is 12.4. The van der Waals surface area contributed by atoms with Gasteiger partial charge in [-0.3, -0.25) is 9.69 Å². The van der Waals surface area contributed by atoms with Gasteiger partial charge in [0, 0.05) is 24.6 Å². The van der Waals surface area contributed by atoms with Gasteiger partial charge in [0.2, 0.25) is 0 Å². The van der Waals surface area contributed by atoms with Crippen molar-refractivity contribution in [2.45, 2.75) is 25.1 Å². The highest BCUT2D eigenvalue weighted by Crippen LogP contribution is 2.37. The summed E-state index contributed by atoms with van der Waals surface area (Å²) in [5, 5.41) is 0. The zero-order chi connectivity index (χ0) is 14.9. The fraction of sp³-hybridized carbons (Fsp3) is 0.316. The first-order chi connectivity index (χ1) is 10.8. The standard InChI is InChI=1S/C19H19NO2/c21-18(15-7-2-1-3-8-15)12-16-13-22-19-17-9-5-4-6-14(17)10-11-20(16)19/h1-9,16,19H,10-13H2. The molecule has 2 atom stereocenters. The lowest BCUT2D eigenvalue weighted by Gasteiger charge is -2.33. The van der Waals surface area contributed by atoms with E-state index in [-0.39, 0.29) is 18.1 Å². The molecule has 3 heteroatoms. The molecule has 22 heavy (non-hydrogen) atoms. The third kappa shape index (κ3) is 2.36. The molecule has 3 nitrogen and oxygen atoms in total. The topological polar surface area (TPSA) is 29.5 Å². The number of hydrogen-bond donors (Lipinski definition) is 0. The van der Waals surface area contributed by atoms with Crippen molar-refractivity contribution in [3.05, 3.63) is 71.3 Å². The van der Waals surface area contributed by atoms with Gasteiger partial charge in [-0.2, -0.15) is 0 Å². The van der Waals surface area contributed by atoms with E-state index in [4.69, 9.17) is 4.74 Å². The Morgan fingerprint density at radius 1 is 1.09 bits per heavy atom. The molecule has 0 radical (unpaired) electrons. The largest absolute Gasteiger partial charge is 0.357 e. The van der Waals surface area contributed by atoms with Crippen LogP contribution in [0.3, 0.4) is 0 Å². The molecule has 2 heterocycles. The molecule has 0 spiro atoms. The summed E-state index contributed by atoms with van der Waals surface area (Å²) < 4.78 is 6.01. The van der Waals surface area contributed by atoms with Crippen LogP contribution in [0, 0.1) is 0 Å². The van der Waals surface area contributed by atoms with E-state index in [0.29, 0.717) is 13.0 Å². The van der Waals surface area contributed by atoms with Crippen molar-refractivity contribution in [2.24, 2.45) is 0 Å². The smallest absolute Gasteiger partial charge is 0.164 e. The summed E-state index contributed by atoms with van der Waals surface area (Å²) >= 11 is 0. The van der Waals surface area contributed by atoms with Crippen LogP contribution in [-0.2, 0) is 11.2 Å². The van der Waals surface area contributed by atoms with Crippen molar-refractivity contribution >= 4 is 5.78 Å². The van der Waals surface area contributed by atoms with Crippen LogP contribution in [0.2, 0.25) is 0 Å². The predicted molar refractivity (Wildman–Crippen MR) is 84.7 cm³/mol. The van der Waals surface area contributed by atoms with Crippen LogP contribution in [0.4, 0.5) is 0 Å². The highest BCUT2D eigenvalue weighted by molar-refractivity contribution is 5.96. The average molecular weight is 293 g/mol. The molecule has 0 bridgehead atoms. The fourth-order valence-electron chi connectivity index (χ4n) is 3.54. The first-order valence-corrected chi connectivity index (χ1v) is 7.86. The molecule has 0 aliphatic carbocycles. The number of ether oxygens (including phenoxy) is 1. The van der Waals surface area contributed by atoms with Crippen LogP contribution in [0.1, 0.15) is 34.1 Å². The van der Waals surface area contributed by atoms with Crippen LogP contribution < -0.4 is 0 Å². The van der Waals surface area contributed by atoms with Gasteiger partial charge in [-0.25, -0.2) is 0 Å². The van der Waals surface area contributed by atoms with Crippen LogP contribution in [-0.4, -0.2) is 29.9 Å². The van der Waals surface area contributed by atoms with E-state index < -0.39 is 0 Å². The number of ketones is 1. The molecule has 0 amide bonds.